The number of hydrogen-bond donors (Lipinski definition) is 1. The van der Waals surface area contributed by atoms with Gasteiger partial charge in [0.15, 0.2) is 0 Å². The molecule has 1 heterocycles. The van der Waals surface area contributed by atoms with Crippen molar-refractivity contribution in [2.75, 3.05) is 21.3 Å². The summed E-state index contributed by atoms with van der Waals surface area (Å²) >= 11 is 0. The lowest BCUT2D eigenvalue weighted by atomic mass is 10.0. The Balaban J connectivity index is 2.89. The molecule has 0 saturated heterocycles. The van der Waals surface area contributed by atoms with Crippen LogP contribution in [0.4, 0.5) is 0 Å². The Bertz CT molecular complexity index is 429. The largest absolute Gasteiger partial charge is 0.481 e. The number of carbonyl (C=O) groups excluding carboxylic acids is 1. The van der Waals surface area contributed by atoms with E-state index in [0.29, 0.717) is 23.9 Å². The molecule has 0 aromatic carbocycles. The summed E-state index contributed by atoms with van der Waals surface area (Å²) in [7, 11) is 4.41. The fourth-order valence-electron chi connectivity index (χ4n) is 1.81. The lowest BCUT2D eigenvalue weighted by Crippen LogP contribution is -2.41. The summed E-state index contributed by atoms with van der Waals surface area (Å²) in [6.07, 6.45) is 1.36. The third kappa shape index (κ3) is 3.80. The van der Waals surface area contributed by atoms with E-state index in [9.17, 15) is 4.79 Å². The highest BCUT2D eigenvalue weighted by Gasteiger charge is 2.24. The van der Waals surface area contributed by atoms with E-state index in [0.717, 1.165) is 0 Å². The molecular weight excluding hydrogens is 262 g/mol. The number of esters is 1. The molecule has 1 N–H and O–H groups in total. The molecule has 0 bridgehead atoms. The van der Waals surface area contributed by atoms with Crippen LogP contribution in [0.2, 0.25) is 0 Å². The van der Waals surface area contributed by atoms with Crippen molar-refractivity contribution in [1.82, 2.24) is 15.3 Å². The van der Waals surface area contributed by atoms with Gasteiger partial charge in [-0.1, -0.05) is 13.8 Å². The van der Waals surface area contributed by atoms with Crippen LogP contribution < -0.4 is 14.8 Å². The zero-order chi connectivity index (χ0) is 15.1. The maximum atomic E-state index is 11.7. The average Bonchev–Trinajstić information content (AvgIpc) is 2.46. The molecule has 0 aliphatic heterocycles. The van der Waals surface area contributed by atoms with Gasteiger partial charge in [-0.3, -0.25) is 10.1 Å². The fourth-order valence-corrected chi connectivity index (χ4v) is 1.81. The van der Waals surface area contributed by atoms with Crippen LogP contribution in [-0.2, 0) is 16.1 Å². The first-order valence-corrected chi connectivity index (χ1v) is 6.28. The van der Waals surface area contributed by atoms with Gasteiger partial charge in [-0.05, 0) is 5.92 Å². The molecule has 7 heteroatoms. The Hall–Kier alpha value is -1.89. The highest BCUT2D eigenvalue weighted by atomic mass is 16.5. The maximum absolute atomic E-state index is 11.7. The molecule has 1 atom stereocenters. The van der Waals surface area contributed by atoms with Crippen molar-refractivity contribution < 1.29 is 19.0 Å². The van der Waals surface area contributed by atoms with E-state index < -0.39 is 6.04 Å². The zero-order valence-corrected chi connectivity index (χ0v) is 12.5. The highest BCUT2D eigenvalue weighted by molar-refractivity contribution is 5.75. The lowest BCUT2D eigenvalue weighted by Gasteiger charge is -2.20. The molecule has 1 rings (SSSR count). The van der Waals surface area contributed by atoms with Gasteiger partial charge in [-0.2, -0.15) is 0 Å². The van der Waals surface area contributed by atoms with E-state index in [4.69, 9.17) is 14.2 Å². The number of hydrogen-bond acceptors (Lipinski definition) is 7. The third-order valence-electron chi connectivity index (χ3n) is 2.87. The minimum absolute atomic E-state index is 0.0871. The predicted octanol–water partition coefficient (Wildman–Crippen LogP) is 0.781. The molecule has 0 saturated carbocycles. The van der Waals surface area contributed by atoms with Gasteiger partial charge in [-0.25, -0.2) is 9.97 Å². The van der Waals surface area contributed by atoms with Crippen LogP contribution in [0.15, 0.2) is 6.33 Å². The van der Waals surface area contributed by atoms with Crippen LogP contribution in [0.5, 0.6) is 11.8 Å². The van der Waals surface area contributed by atoms with E-state index in [1.807, 2.05) is 13.8 Å². The summed E-state index contributed by atoms with van der Waals surface area (Å²) in [5.74, 6) is 0.604. The molecule has 112 valence electrons. The first-order chi connectivity index (χ1) is 9.54. The van der Waals surface area contributed by atoms with Crippen LogP contribution in [0.25, 0.3) is 0 Å². The molecule has 0 unspecified atom stereocenters. The number of nitrogens with one attached hydrogen (secondary N) is 1. The van der Waals surface area contributed by atoms with Gasteiger partial charge < -0.3 is 14.2 Å². The van der Waals surface area contributed by atoms with Crippen LogP contribution >= 0.6 is 0 Å². The maximum Gasteiger partial charge on any atom is 0.323 e. The SMILES string of the molecule is COC(=O)[C@@H](NCc1c(OC)ncnc1OC)C(C)C. The third-order valence-corrected chi connectivity index (χ3v) is 2.87. The van der Waals surface area contributed by atoms with Gasteiger partial charge in [0.2, 0.25) is 11.8 Å². The first kappa shape index (κ1) is 16.2. The molecule has 0 fully saturated rings. The Labute approximate surface area is 118 Å². The monoisotopic (exact) mass is 283 g/mol. The minimum Gasteiger partial charge on any atom is -0.481 e. The molecule has 1 aromatic heterocycles. The smallest absolute Gasteiger partial charge is 0.323 e. The number of rotatable bonds is 7. The van der Waals surface area contributed by atoms with Crippen LogP contribution in [0.1, 0.15) is 19.4 Å². The van der Waals surface area contributed by atoms with Gasteiger partial charge in [-0.15, -0.1) is 0 Å². The Kier molecular flexibility index (Phi) is 6.17. The van der Waals surface area contributed by atoms with Crippen molar-refractivity contribution in [2.24, 2.45) is 5.92 Å². The first-order valence-electron chi connectivity index (χ1n) is 6.28. The van der Waals surface area contributed by atoms with Crippen molar-refractivity contribution >= 4 is 5.97 Å². The summed E-state index contributed by atoms with van der Waals surface area (Å²) < 4.78 is 15.1. The fraction of sp³-hybridized carbons (Fsp3) is 0.615. The lowest BCUT2D eigenvalue weighted by molar-refractivity contribution is -0.144. The Morgan fingerprint density at radius 1 is 1.20 bits per heavy atom. The standard InChI is InChI=1S/C13H21N3O4/c1-8(2)10(13(17)20-5)14-6-9-11(18-3)15-7-16-12(9)19-4/h7-8,10,14H,6H2,1-5H3/t10-/m0/s1. The second-order valence-electron chi connectivity index (χ2n) is 4.50. The van der Waals surface area contributed by atoms with Gasteiger partial charge in [0, 0.05) is 6.54 Å². The molecule has 0 aliphatic carbocycles. The van der Waals surface area contributed by atoms with Crippen molar-refractivity contribution in [3.63, 3.8) is 0 Å². The van der Waals surface area contributed by atoms with E-state index in [2.05, 4.69) is 15.3 Å². The summed E-state index contributed by atoms with van der Waals surface area (Å²) in [5, 5.41) is 3.12. The van der Waals surface area contributed by atoms with Crippen molar-refractivity contribution in [1.29, 1.82) is 0 Å². The summed E-state index contributed by atoms with van der Waals surface area (Å²) in [5.41, 5.74) is 0.659. The summed E-state index contributed by atoms with van der Waals surface area (Å²) in [6.45, 7) is 4.21. The van der Waals surface area contributed by atoms with Crippen LogP contribution in [-0.4, -0.2) is 43.3 Å². The highest BCUT2D eigenvalue weighted by Crippen LogP contribution is 2.23. The molecule has 20 heavy (non-hydrogen) atoms. The second-order valence-corrected chi connectivity index (χ2v) is 4.50. The molecular formula is C13H21N3O4. The average molecular weight is 283 g/mol. The van der Waals surface area contributed by atoms with Crippen molar-refractivity contribution in [2.45, 2.75) is 26.4 Å². The number of carbonyl (C=O) groups is 1. The Morgan fingerprint density at radius 2 is 1.75 bits per heavy atom. The predicted molar refractivity (Wildman–Crippen MR) is 72.6 cm³/mol. The summed E-state index contributed by atoms with van der Waals surface area (Å²) in [4.78, 5) is 19.8. The number of methoxy groups -OCH3 is 3. The van der Waals surface area contributed by atoms with E-state index in [1.165, 1.54) is 27.7 Å². The van der Waals surface area contributed by atoms with Gasteiger partial charge in [0.25, 0.3) is 0 Å². The van der Waals surface area contributed by atoms with E-state index in [1.54, 1.807) is 0 Å². The normalized spacial score (nSPS) is 12.1. The quantitative estimate of drug-likeness (QED) is 0.740. The zero-order valence-electron chi connectivity index (χ0n) is 12.5. The topological polar surface area (TPSA) is 82.6 Å². The molecule has 1 aromatic rings. The van der Waals surface area contributed by atoms with Crippen LogP contribution in [0, 0.1) is 5.92 Å². The molecule has 7 nitrogen and oxygen atoms in total. The Morgan fingerprint density at radius 3 is 2.15 bits per heavy atom. The van der Waals surface area contributed by atoms with E-state index in [-0.39, 0.29) is 11.9 Å². The minimum atomic E-state index is -0.422. The van der Waals surface area contributed by atoms with Crippen molar-refractivity contribution in [3.05, 3.63) is 11.9 Å². The molecule has 0 amide bonds. The summed E-state index contributed by atoms with van der Waals surface area (Å²) in [6, 6.07) is -0.422. The molecule has 0 spiro atoms. The number of aromatic nitrogens is 2. The van der Waals surface area contributed by atoms with Crippen molar-refractivity contribution in [3.8, 4) is 11.8 Å². The molecule has 0 aliphatic rings. The second kappa shape index (κ2) is 7.64. The van der Waals surface area contributed by atoms with Gasteiger partial charge in [0.05, 0.1) is 26.9 Å². The van der Waals surface area contributed by atoms with Gasteiger partial charge in [0.1, 0.15) is 12.4 Å². The van der Waals surface area contributed by atoms with Gasteiger partial charge >= 0.3 is 5.97 Å². The van der Waals surface area contributed by atoms with E-state index >= 15 is 0 Å². The molecule has 0 radical (unpaired) electrons. The van der Waals surface area contributed by atoms with Crippen LogP contribution in [0.3, 0.4) is 0 Å². The number of nitrogens with zero attached hydrogens (tertiary/aromatic N) is 2. The number of ether oxygens (including phenoxy) is 3.